The first kappa shape index (κ1) is 20.9. The third-order valence-corrected chi connectivity index (χ3v) is 5.15. The molecule has 0 spiro atoms. The minimum Gasteiger partial charge on any atom is -0.397 e. The summed E-state index contributed by atoms with van der Waals surface area (Å²) in [5.41, 5.74) is 19.4. The molecule has 0 aliphatic carbocycles. The van der Waals surface area contributed by atoms with Crippen molar-refractivity contribution in [2.24, 2.45) is 21.8 Å². The maximum Gasteiger partial charge on any atom is 0.170 e. The molecule has 0 aliphatic heterocycles. The lowest BCUT2D eigenvalue weighted by molar-refractivity contribution is 0.213. The third kappa shape index (κ3) is 4.11. The molecule has 32 heavy (non-hydrogen) atoms. The Labute approximate surface area is 185 Å². The number of amidine groups is 2. The standard InChI is InChI=1S/C24H24N6O2/c1-15-12-22-27-21(17-6-10-19(11-7-17)24(26)29-32-3)14-30(22)13-20(15)16-4-8-18(9-5-16)23(25)28-31-2/h4-14H,1-3H3,(H2,25,28)(H2,26,29). The van der Waals surface area contributed by atoms with E-state index in [1.807, 2.05) is 59.1 Å². The van der Waals surface area contributed by atoms with Crippen molar-refractivity contribution in [1.29, 1.82) is 0 Å². The molecular formula is C24H24N6O2. The molecule has 0 saturated carbocycles. The third-order valence-electron chi connectivity index (χ3n) is 5.15. The van der Waals surface area contributed by atoms with Gasteiger partial charge in [0.1, 0.15) is 19.9 Å². The lowest BCUT2D eigenvalue weighted by Gasteiger charge is -2.08. The van der Waals surface area contributed by atoms with Gasteiger partial charge in [-0.25, -0.2) is 4.98 Å². The zero-order valence-corrected chi connectivity index (χ0v) is 18.1. The Morgan fingerprint density at radius 2 is 1.34 bits per heavy atom. The molecule has 2 heterocycles. The van der Waals surface area contributed by atoms with Crippen LogP contribution in [0.2, 0.25) is 0 Å². The van der Waals surface area contributed by atoms with Crippen molar-refractivity contribution in [3.63, 3.8) is 0 Å². The normalized spacial score (nSPS) is 12.2. The Hall–Kier alpha value is -4.33. The Kier molecular flexibility index (Phi) is 5.76. The summed E-state index contributed by atoms with van der Waals surface area (Å²) < 4.78 is 2.03. The molecular weight excluding hydrogens is 404 g/mol. The highest BCUT2D eigenvalue weighted by Crippen LogP contribution is 2.27. The van der Waals surface area contributed by atoms with Crippen molar-refractivity contribution >= 4 is 17.3 Å². The number of fused-ring (bicyclic) bond motifs is 1. The molecule has 0 radical (unpaired) electrons. The first-order valence-corrected chi connectivity index (χ1v) is 9.94. The van der Waals surface area contributed by atoms with E-state index >= 15 is 0 Å². The van der Waals surface area contributed by atoms with Crippen LogP contribution in [0.25, 0.3) is 28.0 Å². The van der Waals surface area contributed by atoms with E-state index in [4.69, 9.17) is 26.1 Å². The Balaban J connectivity index is 1.66. The van der Waals surface area contributed by atoms with Gasteiger partial charge in [-0.3, -0.25) is 0 Å². The maximum atomic E-state index is 5.89. The summed E-state index contributed by atoms with van der Waals surface area (Å²) in [5, 5.41) is 7.53. The predicted molar refractivity (Wildman–Crippen MR) is 126 cm³/mol. The average Bonchev–Trinajstić information content (AvgIpc) is 3.22. The van der Waals surface area contributed by atoms with E-state index in [9.17, 15) is 0 Å². The molecule has 2 aromatic heterocycles. The summed E-state index contributed by atoms with van der Waals surface area (Å²) in [5.74, 6) is 0.669. The van der Waals surface area contributed by atoms with Crippen LogP contribution in [0.15, 0.2) is 77.3 Å². The fourth-order valence-corrected chi connectivity index (χ4v) is 3.51. The molecule has 0 fully saturated rings. The summed E-state index contributed by atoms with van der Waals surface area (Å²) >= 11 is 0. The number of imidazole rings is 1. The van der Waals surface area contributed by atoms with E-state index in [0.717, 1.165) is 44.7 Å². The Bertz CT molecular complexity index is 1310. The fraction of sp³-hybridized carbons (Fsp3) is 0.125. The number of oxime groups is 2. The van der Waals surface area contributed by atoms with Crippen LogP contribution in [-0.2, 0) is 9.68 Å². The fourth-order valence-electron chi connectivity index (χ4n) is 3.51. The number of nitrogens with two attached hydrogens (primary N) is 2. The maximum absolute atomic E-state index is 5.89. The van der Waals surface area contributed by atoms with Gasteiger partial charge in [0.25, 0.3) is 0 Å². The number of pyridine rings is 1. The van der Waals surface area contributed by atoms with Crippen LogP contribution >= 0.6 is 0 Å². The molecule has 8 nitrogen and oxygen atoms in total. The highest BCUT2D eigenvalue weighted by Gasteiger charge is 2.10. The zero-order valence-electron chi connectivity index (χ0n) is 18.1. The molecule has 0 saturated heterocycles. The molecule has 0 aliphatic rings. The van der Waals surface area contributed by atoms with Crippen LogP contribution < -0.4 is 11.5 Å². The van der Waals surface area contributed by atoms with E-state index in [1.165, 1.54) is 14.2 Å². The topological polar surface area (TPSA) is 113 Å². The molecule has 0 atom stereocenters. The van der Waals surface area contributed by atoms with Crippen LogP contribution in [0.1, 0.15) is 16.7 Å². The second-order valence-corrected chi connectivity index (χ2v) is 7.23. The van der Waals surface area contributed by atoms with Crippen LogP contribution in [-0.4, -0.2) is 35.3 Å². The summed E-state index contributed by atoms with van der Waals surface area (Å²) in [4.78, 5) is 14.3. The largest absolute Gasteiger partial charge is 0.397 e. The minimum absolute atomic E-state index is 0.329. The summed E-state index contributed by atoms with van der Waals surface area (Å²) in [6.45, 7) is 2.07. The summed E-state index contributed by atoms with van der Waals surface area (Å²) in [6, 6.07) is 17.7. The van der Waals surface area contributed by atoms with Gasteiger partial charge in [0, 0.05) is 34.6 Å². The van der Waals surface area contributed by atoms with Gasteiger partial charge in [-0.05, 0) is 24.1 Å². The van der Waals surface area contributed by atoms with Gasteiger partial charge in [-0.15, -0.1) is 0 Å². The number of benzene rings is 2. The van der Waals surface area contributed by atoms with Gasteiger partial charge >= 0.3 is 0 Å². The Morgan fingerprint density at radius 1 is 0.812 bits per heavy atom. The number of hydrogen-bond donors (Lipinski definition) is 2. The van der Waals surface area contributed by atoms with Crippen LogP contribution in [0.4, 0.5) is 0 Å². The molecule has 162 valence electrons. The van der Waals surface area contributed by atoms with Crippen LogP contribution in [0.5, 0.6) is 0 Å². The molecule has 4 rings (SSSR count). The monoisotopic (exact) mass is 428 g/mol. The van der Waals surface area contributed by atoms with E-state index in [1.54, 1.807) is 0 Å². The van der Waals surface area contributed by atoms with E-state index in [2.05, 4.69) is 29.5 Å². The number of aromatic nitrogens is 2. The van der Waals surface area contributed by atoms with Gasteiger partial charge in [-0.1, -0.05) is 58.8 Å². The van der Waals surface area contributed by atoms with Gasteiger partial charge in [0.15, 0.2) is 11.7 Å². The number of nitrogens with zero attached hydrogens (tertiary/aromatic N) is 4. The minimum atomic E-state index is 0.329. The van der Waals surface area contributed by atoms with Crippen molar-refractivity contribution in [3.05, 3.63) is 83.7 Å². The van der Waals surface area contributed by atoms with Crippen molar-refractivity contribution in [3.8, 4) is 22.4 Å². The molecule has 8 heteroatoms. The van der Waals surface area contributed by atoms with Crippen molar-refractivity contribution in [2.75, 3.05) is 14.2 Å². The second-order valence-electron chi connectivity index (χ2n) is 7.23. The quantitative estimate of drug-likeness (QED) is 0.277. The summed E-state index contributed by atoms with van der Waals surface area (Å²) in [6.07, 6.45) is 4.10. The van der Waals surface area contributed by atoms with Crippen molar-refractivity contribution in [1.82, 2.24) is 9.38 Å². The van der Waals surface area contributed by atoms with Crippen molar-refractivity contribution < 1.29 is 9.68 Å². The van der Waals surface area contributed by atoms with Gasteiger partial charge in [0.05, 0.1) is 5.69 Å². The van der Waals surface area contributed by atoms with E-state index in [-0.39, 0.29) is 0 Å². The lowest BCUT2D eigenvalue weighted by Crippen LogP contribution is -2.13. The first-order valence-electron chi connectivity index (χ1n) is 9.94. The predicted octanol–water partition coefficient (Wildman–Crippen LogP) is 3.51. The molecule has 4 aromatic rings. The van der Waals surface area contributed by atoms with E-state index in [0.29, 0.717) is 11.7 Å². The number of aryl methyl sites for hydroxylation is 1. The van der Waals surface area contributed by atoms with Gasteiger partial charge in [0.2, 0.25) is 0 Å². The van der Waals surface area contributed by atoms with Gasteiger partial charge < -0.3 is 25.5 Å². The number of rotatable bonds is 6. The summed E-state index contributed by atoms with van der Waals surface area (Å²) in [7, 11) is 2.94. The zero-order chi connectivity index (χ0) is 22.7. The number of hydrogen-bond acceptors (Lipinski definition) is 5. The van der Waals surface area contributed by atoms with E-state index < -0.39 is 0 Å². The first-order chi connectivity index (χ1) is 15.5. The Morgan fingerprint density at radius 3 is 1.88 bits per heavy atom. The second kappa shape index (κ2) is 8.81. The van der Waals surface area contributed by atoms with Crippen LogP contribution in [0.3, 0.4) is 0 Å². The molecule has 0 amide bonds. The molecule has 2 aromatic carbocycles. The SMILES string of the molecule is CO/N=C(\N)c1ccc(-c2cn3cc(-c4ccc(/C(N)=N\OC)cc4)c(C)cc3n2)cc1. The smallest absolute Gasteiger partial charge is 0.170 e. The average molecular weight is 428 g/mol. The highest BCUT2D eigenvalue weighted by atomic mass is 16.6. The molecule has 4 N–H and O–H groups in total. The molecule has 0 unspecified atom stereocenters. The molecule has 0 bridgehead atoms. The highest BCUT2D eigenvalue weighted by molar-refractivity contribution is 5.98. The van der Waals surface area contributed by atoms with Crippen LogP contribution in [0, 0.1) is 6.92 Å². The van der Waals surface area contributed by atoms with Crippen molar-refractivity contribution in [2.45, 2.75) is 6.92 Å². The van der Waals surface area contributed by atoms with Gasteiger partial charge in [-0.2, -0.15) is 0 Å². The lowest BCUT2D eigenvalue weighted by atomic mass is 10.0.